The Balaban J connectivity index is 1.40. The van der Waals surface area contributed by atoms with Gasteiger partial charge in [-0.15, -0.1) is 0 Å². The van der Waals surface area contributed by atoms with E-state index in [1.165, 1.54) is 0 Å². The number of hydrogen-bond acceptors (Lipinski definition) is 3. The van der Waals surface area contributed by atoms with Crippen molar-refractivity contribution in [3.63, 3.8) is 0 Å². The number of para-hydroxylation sites is 2. The number of halogens is 1. The fourth-order valence-corrected chi connectivity index (χ4v) is 5.36. The zero-order chi connectivity index (χ0) is 20.7. The van der Waals surface area contributed by atoms with Gasteiger partial charge in [0.15, 0.2) is 0 Å². The fourth-order valence-electron chi connectivity index (χ4n) is 4.13. The summed E-state index contributed by atoms with van der Waals surface area (Å²) < 4.78 is 0. The lowest BCUT2D eigenvalue weighted by atomic mass is 10.1. The molecule has 3 aromatic carbocycles. The third kappa shape index (κ3) is 3.32. The molecule has 0 N–H and O–H groups in total. The van der Waals surface area contributed by atoms with Crippen LogP contribution in [0.2, 0.25) is 5.02 Å². The van der Waals surface area contributed by atoms with Crippen molar-refractivity contribution >= 4 is 46.5 Å². The number of piperazine rings is 1. The maximum Gasteiger partial charge on any atom is 0.329 e. The van der Waals surface area contributed by atoms with Crippen LogP contribution in [0.1, 0.15) is 5.56 Å². The summed E-state index contributed by atoms with van der Waals surface area (Å²) in [4.78, 5) is 22.0. The monoisotopic (exact) mass is 435 g/mol. The number of nitrogens with zero attached hydrogens (tertiary/aromatic N) is 3. The molecule has 2 amide bonds. The molecule has 1 fully saturated rings. The molecule has 2 aliphatic heterocycles. The summed E-state index contributed by atoms with van der Waals surface area (Å²) in [7, 11) is 0. The van der Waals surface area contributed by atoms with Gasteiger partial charge in [-0.2, -0.15) is 0 Å². The van der Waals surface area contributed by atoms with Crippen LogP contribution in [-0.2, 0) is 0 Å². The highest BCUT2D eigenvalue weighted by molar-refractivity contribution is 7.99. The SMILES string of the molecule is Cc1c(Cl)cccc1N1CCN(C(=O)N2c3ccccc3Sc3ccccc32)CC1. The van der Waals surface area contributed by atoms with Crippen molar-refractivity contribution in [3.05, 3.63) is 77.3 Å². The van der Waals surface area contributed by atoms with Gasteiger partial charge in [0.2, 0.25) is 0 Å². The molecule has 152 valence electrons. The molecule has 30 heavy (non-hydrogen) atoms. The molecule has 0 saturated carbocycles. The molecule has 0 bridgehead atoms. The Hall–Kier alpha value is -2.63. The zero-order valence-corrected chi connectivity index (χ0v) is 18.3. The first-order chi connectivity index (χ1) is 14.6. The average Bonchev–Trinajstić information content (AvgIpc) is 2.79. The Kier molecular flexibility index (Phi) is 5.09. The van der Waals surface area contributed by atoms with Crippen LogP contribution in [0.15, 0.2) is 76.5 Å². The van der Waals surface area contributed by atoms with Crippen LogP contribution < -0.4 is 9.80 Å². The Morgan fingerprint density at radius 1 is 0.800 bits per heavy atom. The van der Waals surface area contributed by atoms with Crippen molar-refractivity contribution in [1.82, 2.24) is 4.90 Å². The van der Waals surface area contributed by atoms with Gasteiger partial charge in [-0.05, 0) is 48.9 Å². The summed E-state index contributed by atoms with van der Waals surface area (Å²) >= 11 is 8.03. The van der Waals surface area contributed by atoms with Gasteiger partial charge in [0.05, 0.1) is 11.4 Å². The molecule has 6 heteroatoms. The van der Waals surface area contributed by atoms with Crippen molar-refractivity contribution in [2.24, 2.45) is 0 Å². The summed E-state index contributed by atoms with van der Waals surface area (Å²) in [5.74, 6) is 0. The predicted octanol–water partition coefficient (Wildman–Crippen LogP) is 6.19. The third-order valence-corrected chi connectivity index (χ3v) is 7.29. The topological polar surface area (TPSA) is 26.8 Å². The Morgan fingerprint density at radius 3 is 2.00 bits per heavy atom. The average molecular weight is 436 g/mol. The van der Waals surface area contributed by atoms with Gasteiger partial charge in [-0.25, -0.2) is 4.79 Å². The molecule has 2 aliphatic rings. The van der Waals surface area contributed by atoms with E-state index < -0.39 is 0 Å². The van der Waals surface area contributed by atoms with E-state index in [1.54, 1.807) is 11.8 Å². The van der Waals surface area contributed by atoms with E-state index in [0.29, 0.717) is 13.1 Å². The molecule has 4 nitrogen and oxygen atoms in total. The van der Waals surface area contributed by atoms with Crippen molar-refractivity contribution in [1.29, 1.82) is 0 Å². The van der Waals surface area contributed by atoms with E-state index in [1.807, 2.05) is 58.3 Å². The van der Waals surface area contributed by atoms with E-state index in [2.05, 4.69) is 30.0 Å². The molecule has 5 rings (SSSR count). The molecule has 0 unspecified atom stereocenters. The zero-order valence-electron chi connectivity index (χ0n) is 16.7. The van der Waals surface area contributed by atoms with E-state index in [4.69, 9.17) is 11.6 Å². The number of anilines is 3. The molecule has 0 spiro atoms. The molecule has 1 saturated heterocycles. The van der Waals surface area contributed by atoms with Crippen molar-refractivity contribution in [2.45, 2.75) is 16.7 Å². The van der Waals surface area contributed by atoms with Crippen molar-refractivity contribution < 1.29 is 4.79 Å². The predicted molar refractivity (Wildman–Crippen MR) is 125 cm³/mol. The van der Waals surface area contributed by atoms with E-state index in [-0.39, 0.29) is 6.03 Å². The molecule has 3 aromatic rings. The number of carbonyl (C=O) groups excluding carboxylic acids is 1. The van der Waals surface area contributed by atoms with Crippen LogP contribution in [0.4, 0.5) is 21.9 Å². The van der Waals surface area contributed by atoms with E-state index in [9.17, 15) is 4.79 Å². The highest BCUT2D eigenvalue weighted by atomic mass is 35.5. The summed E-state index contributed by atoms with van der Waals surface area (Å²) in [6.45, 7) is 4.99. The number of carbonyl (C=O) groups is 1. The lowest BCUT2D eigenvalue weighted by molar-refractivity contribution is 0.203. The molecule has 0 radical (unpaired) electrons. The first-order valence-corrected chi connectivity index (χ1v) is 11.3. The minimum atomic E-state index is 0.0395. The van der Waals surface area contributed by atoms with Gasteiger partial charge in [-0.1, -0.05) is 53.7 Å². The number of rotatable bonds is 1. The highest BCUT2D eigenvalue weighted by Gasteiger charge is 2.32. The summed E-state index contributed by atoms with van der Waals surface area (Å²) in [6.07, 6.45) is 0. The number of benzene rings is 3. The number of hydrogen-bond donors (Lipinski definition) is 0. The second kappa shape index (κ2) is 7.89. The van der Waals surface area contributed by atoms with Crippen LogP contribution in [0.25, 0.3) is 0 Å². The van der Waals surface area contributed by atoms with Crippen molar-refractivity contribution in [2.75, 3.05) is 36.0 Å². The Bertz CT molecular complexity index is 1070. The Labute approximate surface area is 186 Å². The molecule has 0 atom stereocenters. The van der Waals surface area contributed by atoms with Gasteiger partial charge in [0.1, 0.15) is 0 Å². The van der Waals surface area contributed by atoms with Crippen LogP contribution in [-0.4, -0.2) is 37.1 Å². The van der Waals surface area contributed by atoms with Crippen LogP contribution in [0, 0.1) is 6.92 Å². The van der Waals surface area contributed by atoms with E-state index in [0.717, 1.165) is 50.5 Å². The van der Waals surface area contributed by atoms with Crippen LogP contribution in [0.3, 0.4) is 0 Å². The molecule has 0 aromatic heterocycles. The quantitative estimate of drug-likeness (QED) is 0.455. The maximum atomic E-state index is 13.6. The maximum absolute atomic E-state index is 13.6. The smallest absolute Gasteiger partial charge is 0.329 e. The lowest BCUT2D eigenvalue weighted by Crippen LogP contribution is -2.52. The van der Waals surface area contributed by atoms with Crippen LogP contribution in [0.5, 0.6) is 0 Å². The first kappa shape index (κ1) is 19.3. The first-order valence-electron chi connectivity index (χ1n) is 10.1. The second-order valence-electron chi connectivity index (χ2n) is 7.51. The lowest BCUT2D eigenvalue weighted by Gasteiger charge is -2.40. The molecular weight excluding hydrogens is 414 g/mol. The summed E-state index contributed by atoms with van der Waals surface area (Å²) in [5, 5.41) is 0.782. The number of amides is 2. The van der Waals surface area contributed by atoms with Gasteiger partial charge in [0.25, 0.3) is 0 Å². The fraction of sp³-hybridized carbons (Fsp3) is 0.208. The van der Waals surface area contributed by atoms with Gasteiger partial charge >= 0.3 is 6.03 Å². The van der Waals surface area contributed by atoms with Gasteiger partial charge in [-0.3, -0.25) is 4.90 Å². The minimum Gasteiger partial charge on any atom is -0.368 e. The summed E-state index contributed by atoms with van der Waals surface area (Å²) in [5.41, 5.74) is 4.16. The largest absolute Gasteiger partial charge is 0.368 e. The van der Waals surface area contributed by atoms with Gasteiger partial charge < -0.3 is 9.80 Å². The van der Waals surface area contributed by atoms with Crippen LogP contribution >= 0.6 is 23.4 Å². The molecule has 2 heterocycles. The minimum absolute atomic E-state index is 0.0395. The number of urea groups is 1. The van der Waals surface area contributed by atoms with E-state index >= 15 is 0 Å². The molecular formula is C24H22ClN3OS. The molecule has 0 aliphatic carbocycles. The standard InChI is InChI=1S/C24H22ClN3OS/c1-17-18(25)7-6-10-19(17)26-13-15-27(16-14-26)24(29)28-20-8-2-4-11-22(20)30-23-12-5-3-9-21(23)28/h2-12H,13-16H2,1H3. The highest BCUT2D eigenvalue weighted by Crippen LogP contribution is 2.48. The van der Waals surface area contributed by atoms with Gasteiger partial charge in [0, 0.05) is 46.7 Å². The number of fused-ring (bicyclic) bond motifs is 2. The van der Waals surface area contributed by atoms with Crippen molar-refractivity contribution in [3.8, 4) is 0 Å². The second-order valence-corrected chi connectivity index (χ2v) is 9.00. The Morgan fingerprint density at radius 2 is 1.37 bits per heavy atom. The summed E-state index contributed by atoms with van der Waals surface area (Å²) in [6, 6.07) is 22.3. The normalized spacial score (nSPS) is 15.6. The third-order valence-electron chi connectivity index (χ3n) is 5.75.